The van der Waals surface area contributed by atoms with Crippen molar-refractivity contribution in [2.45, 2.75) is 17.3 Å². The first kappa shape index (κ1) is 17.1. The molecule has 2 aromatic rings. The highest BCUT2D eigenvalue weighted by molar-refractivity contribution is 8.00. The minimum absolute atomic E-state index is 0.0519. The van der Waals surface area contributed by atoms with Crippen LogP contribution in [0, 0.1) is 0 Å². The van der Waals surface area contributed by atoms with Crippen LogP contribution in [0.5, 0.6) is 5.75 Å². The molecule has 1 aromatic heterocycles. The summed E-state index contributed by atoms with van der Waals surface area (Å²) in [6.45, 7) is 5.88. The van der Waals surface area contributed by atoms with Gasteiger partial charge in [-0.15, -0.1) is 16.8 Å². The molecule has 23 heavy (non-hydrogen) atoms. The third-order valence-electron chi connectivity index (χ3n) is 3.26. The maximum Gasteiger partial charge on any atom is 0.233 e. The van der Waals surface area contributed by atoms with Gasteiger partial charge in [-0.05, 0) is 31.2 Å². The number of carbonyl (C=O) groups excluding carboxylic acids is 1. The number of nitrogens with one attached hydrogen (secondary N) is 1. The lowest BCUT2D eigenvalue weighted by Gasteiger charge is -2.10. The second kappa shape index (κ2) is 7.82. The summed E-state index contributed by atoms with van der Waals surface area (Å²) in [7, 11) is 3.52. The normalized spacial score (nSPS) is 11.8. The van der Waals surface area contributed by atoms with Crippen molar-refractivity contribution in [2.75, 3.05) is 13.7 Å². The Hall–Kier alpha value is -2.28. The van der Waals surface area contributed by atoms with Crippen LogP contribution in [-0.2, 0) is 11.8 Å². The monoisotopic (exact) mass is 332 g/mol. The van der Waals surface area contributed by atoms with Crippen molar-refractivity contribution in [1.29, 1.82) is 0 Å². The average Bonchev–Trinajstić information content (AvgIpc) is 2.93. The fraction of sp³-hybridized carbons (Fsp3) is 0.312. The molecule has 0 fully saturated rings. The molecule has 1 N–H and O–H groups in total. The number of ether oxygens (including phenoxy) is 1. The van der Waals surface area contributed by atoms with Gasteiger partial charge in [0.25, 0.3) is 0 Å². The zero-order valence-electron chi connectivity index (χ0n) is 13.4. The highest BCUT2D eigenvalue weighted by Crippen LogP contribution is 2.26. The first-order valence-electron chi connectivity index (χ1n) is 7.16. The molecule has 1 heterocycles. The number of methoxy groups -OCH3 is 1. The Labute approximate surface area is 139 Å². The lowest BCUT2D eigenvalue weighted by Crippen LogP contribution is -2.31. The van der Waals surface area contributed by atoms with Crippen LogP contribution in [0.15, 0.2) is 42.1 Å². The third-order valence-corrected chi connectivity index (χ3v) is 4.39. The lowest BCUT2D eigenvalue weighted by atomic mass is 10.2. The number of hydrogen-bond acceptors (Lipinski definition) is 5. The van der Waals surface area contributed by atoms with Crippen LogP contribution >= 0.6 is 11.8 Å². The molecule has 0 aliphatic carbocycles. The SMILES string of the molecule is C=CCNC(=O)C(C)Sc1nnc(-c2ccc(OC)cc2)n1C. The van der Waals surface area contributed by atoms with Crippen molar-refractivity contribution < 1.29 is 9.53 Å². The maximum atomic E-state index is 11.9. The summed E-state index contributed by atoms with van der Waals surface area (Å²) < 4.78 is 7.03. The number of hydrogen-bond donors (Lipinski definition) is 1. The molecule has 0 saturated heterocycles. The van der Waals surface area contributed by atoms with Gasteiger partial charge < -0.3 is 14.6 Å². The number of nitrogens with zero attached hydrogens (tertiary/aromatic N) is 3. The van der Waals surface area contributed by atoms with Crippen molar-refractivity contribution in [3.05, 3.63) is 36.9 Å². The number of thioether (sulfide) groups is 1. The van der Waals surface area contributed by atoms with Gasteiger partial charge in [0.2, 0.25) is 5.91 Å². The Morgan fingerprint density at radius 2 is 2.13 bits per heavy atom. The molecule has 0 aliphatic heterocycles. The molecule has 0 aliphatic rings. The molecule has 1 atom stereocenters. The van der Waals surface area contributed by atoms with Crippen molar-refractivity contribution >= 4 is 17.7 Å². The molecule has 0 bridgehead atoms. The second-order valence-electron chi connectivity index (χ2n) is 4.89. The van der Waals surface area contributed by atoms with E-state index in [2.05, 4.69) is 22.1 Å². The van der Waals surface area contributed by atoms with Crippen LogP contribution in [0.1, 0.15) is 6.92 Å². The van der Waals surface area contributed by atoms with Crippen molar-refractivity contribution in [3.8, 4) is 17.1 Å². The zero-order valence-corrected chi connectivity index (χ0v) is 14.3. The quantitative estimate of drug-likeness (QED) is 0.622. The number of aromatic nitrogens is 3. The molecule has 7 heteroatoms. The van der Waals surface area contributed by atoms with E-state index in [1.54, 1.807) is 13.2 Å². The van der Waals surface area contributed by atoms with Crippen molar-refractivity contribution in [1.82, 2.24) is 20.1 Å². The van der Waals surface area contributed by atoms with Crippen molar-refractivity contribution in [2.24, 2.45) is 7.05 Å². The predicted molar refractivity (Wildman–Crippen MR) is 91.5 cm³/mol. The number of amides is 1. The van der Waals surface area contributed by atoms with E-state index >= 15 is 0 Å². The summed E-state index contributed by atoms with van der Waals surface area (Å²) in [4.78, 5) is 11.9. The van der Waals surface area contributed by atoms with E-state index < -0.39 is 0 Å². The fourth-order valence-electron chi connectivity index (χ4n) is 1.94. The predicted octanol–water partition coefficient (Wildman–Crippen LogP) is 2.27. The summed E-state index contributed by atoms with van der Waals surface area (Å²) in [5.74, 6) is 1.48. The molecule has 0 saturated carbocycles. The molecule has 2 rings (SSSR count). The number of benzene rings is 1. The first-order chi connectivity index (χ1) is 11.1. The van der Waals surface area contributed by atoms with Crippen LogP contribution in [0.2, 0.25) is 0 Å². The standard InChI is InChI=1S/C16H20N4O2S/c1-5-10-17-15(21)11(2)23-16-19-18-14(20(16)3)12-6-8-13(22-4)9-7-12/h5-9,11H,1,10H2,2-4H3,(H,17,21). The molecule has 0 radical (unpaired) electrons. The minimum Gasteiger partial charge on any atom is -0.497 e. The summed E-state index contributed by atoms with van der Waals surface area (Å²) in [5.41, 5.74) is 0.941. The summed E-state index contributed by atoms with van der Waals surface area (Å²) in [5, 5.41) is 11.6. The second-order valence-corrected chi connectivity index (χ2v) is 6.20. The summed E-state index contributed by atoms with van der Waals surface area (Å²) in [6.07, 6.45) is 1.65. The van der Waals surface area contributed by atoms with E-state index in [1.165, 1.54) is 11.8 Å². The van der Waals surface area contributed by atoms with Gasteiger partial charge >= 0.3 is 0 Å². The topological polar surface area (TPSA) is 69.0 Å². The smallest absolute Gasteiger partial charge is 0.233 e. The minimum atomic E-state index is -0.262. The van der Waals surface area contributed by atoms with E-state index in [0.717, 1.165) is 17.1 Å². The van der Waals surface area contributed by atoms with E-state index in [1.807, 2.05) is 42.8 Å². The molecule has 1 amide bonds. The first-order valence-corrected chi connectivity index (χ1v) is 8.04. The van der Waals surface area contributed by atoms with Gasteiger partial charge in [0.15, 0.2) is 11.0 Å². The summed E-state index contributed by atoms with van der Waals surface area (Å²) in [6, 6.07) is 7.61. The Bertz CT molecular complexity index is 682. The number of rotatable bonds is 7. The molecular weight excluding hydrogens is 312 g/mol. The van der Waals surface area contributed by atoms with Gasteiger partial charge in [0.05, 0.1) is 12.4 Å². The lowest BCUT2D eigenvalue weighted by molar-refractivity contribution is -0.120. The van der Waals surface area contributed by atoms with E-state index in [0.29, 0.717) is 11.7 Å². The highest BCUT2D eigenvalue weighted by atomic mass is 32.2. The fourth-order valence-corrected chi connectivity index (χ4v) is 2.78. The van der Waals surface area contributed by atoms with Gasteiger partial charge in [-0.1, -0.05) is 17.8 Å². The molecule has 1 unspecified atom stereocenters. The highest BCUT2D eigenvalue weighted by Gasteiger charge is 2.18. The largest absolute Gasteiger partial charge is 0.497 e. The Morgan fingerprint density at radius 1 is 1.43 bits per heavy atom. The van der Waals surface area contributed by atoms with E-state index in [9.17, 15) is 4.79 Å². The average molecular weight is 332 g/mol. The third kappa shape index (κ3) is 4.13. The number of carbonyl (C=O) groups is 1. The van der Waals surface area contributed by atoms with Gasteiger partial charge in [-0.25, -0.2) is 0 Å². The maximum absolute atomic E-state index is 11.9. The Morgan fingerprint density at radius 3 is 2.74 bits per heavy atom. The van der Waals surface area contributed by atoms with Crippen LogP contribution in [0.4, 0.5) is 0 Å². The molecular formula is C16H20N4O2S. The van der Waals surface area contributed by atoms with Crippen molar-refractivity contribution in [3.63, 3.8) is 0 Å². The zero-order chi connectivity index (χ0) is 16.8. The summed E-state index contributed by atoms with van der Waals surface area (Å²) >= 11 is 1.37. The molecule has 6 nitrogen and oxygen atoms in total. The molecule has 1 aromatic carbocycles. The van der Waals surface area contributed by atoms with Crippen LogP contribution in [0.25, 0.3) is 11.4 Å². The molecule has 0 spiro atoms. The van der Waals surface area contributed by atoms with Crippen LogP contribution < -0.4 is 10.1 Å². The van der Waals surface area contributed by atoms with Crippen LogP contribution in [0.3, 0.4) is 0 Å². The van der Waals surface area contributed by atoms with Gasteiger partial charge in [-0.2, -0.15) is 0 Å². The molecule has 122 valence electrons. The van der Waals surface area contributed by atoms with Gasteiger partial charge in [-0.3, -0.25) is 4.79 Å². The van der Waals surface area contributed by atoms with Gasteiger partial charge in [0, 0.05) is 19.2 Å². The van der Waals surface area contributed by atoms with E-state index in [-0.39, 0.29) is 11.2 Å². The Kier molecular flexibility index (Phi) is 5.81. The van der Waals surface area contributed by atoms with Gasteiger partial charge in [0.1, 0.15) is 5.75 Å². The van der Waals surface area contributed by atoms with Crippen LogP contribution in [-0.4, -0.2) is 39.6 Å². The van der Waals surface area contributed by atoms with E-state index in [4.69, 9.17) is 4.74 Å². The Balaban J connectivity index is 2.12.